The minimum absolute atomic E-state index is 0.0760. The lowest BCUT2D eigenvalue weighted by atomic mass is 10.0. The van der Waals surface area contributed by atoms with Gasteiger partial charge in [-0.15, -0.1) is 12.3 Å². The molecule has 3 heteroatoms. The molecule has 1 saturated heterocycles. The Morgan fingerprint density at radius 2 is 2.21 bits per heavy atom. The first-order chi connectivity index (χ1) is 6.72. The van der Waals surface area contributed by atoms with Gasteiger partial charge in [0.1, 0.15) is 0 Å². The molecule has 0 radical (unpaired) electrons. The van der Waals surface area contributed by atoms with Crippen molar-refractivity contribution in [1.29, 1.82) is 0 Å². The zero-order valence-electron chi connectivity index (χ0n) is 8.75. The topological polar surface area (TPSA) is 32.3 Å². The van der Waals surface area contributed by atoms with Crippen LogP contribution in [0.3, 0.4) is 0 Å². The van der Waals surface area contributed by atoms with Crippen molar-refractivity contribution < 1.29 is 4.79 Å². The number of rotatable bonds is 3. The maximum absolute atomic E-state index is 10.8. The Morgan fingerprint density at radius 3 is 2.71 bits per heavy atom. The molecule has 1 rings (SSSR count). The van der Waals surface area contributed by atoms with Crippen LogP contribution < -0.4 is 5.32 Å². The number of nitrogens with one attached hydrogen (secondary N) is 1. The summed E-state index contributed by atoms with van der Waals surface area (Å²) in [5.41, 5.74) is 0. The van der Waals surface area contributed by atoms with Gasteiger partial charge >= 0.3 is 0 Å². The van der Waals surface area contributed by atoms with Crippen molar-refractivity contribution in [2.45, 2.75) is 32.2 Å². The lowest BCUT2D eigenvalue weighted by molar-refractivity contribution is -0.119. The van der Waals surface area contributed by atoms with Gasteiger partial charge < -0.3 is 10.2 Å². The molecule has 0 aromatic rings. The molecule has 0 aromatic heterocycles. The molecule has 14 heavy (non-hydrogen) atoms. The Balaban J connectivity index is 2.18. The third-order valence-corrected chi connectivity index (χ3v) is 2.57. The SMILES string of the molecule is C#CCCN1CCC(NC(C)=O)CC1. The van der Waals surface area contributed by atoms with Gasteiger partial charge in [-0.25, -0.2) is 0 Å². The van der Waals surface area contributed by atoms with Crippen LogP contribution in [-0.4, -0.2) is 36.5 Å². The van der Waals surface area contributed by atoms with E-state index >= 15 is 0 Å². The largest absolute Gasteiger partial charge is 0.354 e. The number of hydrogen-bond acceptors (Lipinski definition) is 2. The fourth-order valence-corrected chi connectivity index (χ4v) is 1.81. The normalized spacial score (nSPS) is 18.9. The van der Waals surface area contributed by atoms with Gasteiger partial charge in [-0.05, 0) is 12.8 Å². The molecular formula is C11H18N2O. The van der Waals surface area contributed by atoms with Gasteiger partial charge in [-0.1, -0.05) is 0 Å². The van der Waals surface area contributed by atoms with Crippen LogP contribution in [0.4, 0.5) is 0 Å². The van der Waals surface area contributed by atoms with Gasteiger partial charge in [-0.3, -0.25) is 4.79 Å². The number of piperidine rings is 1. The third-order valence-electron chi connectivity index (χ3n) is 2.57. The molecule has 1 amide bonds. The highest BCUT2D eigenvalue weighted by atomic mass is 16.1. The predicted octanol–water partition coefficient (Wildman–Crippen LogP) is 0.610. The monoisotopic (exact) mass is 194 g/mol. The number of nitrogens with zero attached hydrogens (tertiary/aromatic N) is 1. The molecule has 0 aromatic carbocycles. The Labute approximate surface area is 85.9 Å². The van der Waals surface area contributed by atoms with Crippen LogP contribution in [0.15, 0.2) is 0 Å². The van der Waals surface area contributed by atoms with Crippen LogP contribution in [0.25, 0.3) is 0 Å². The van der Waals surface area contributed by atoms with Crippen molar-refractivity contribution in [3.63, 3.8) is 0 Å². The Morgan fingerprint density at radius 1 is 1.57 bits per heavy atom. The summed E-state index contributed by atoms with van der Waals surface area (Å²) in [7, 11) is 0. The number of carbonyl (C=O) groups is 1. The quantitative estimate of drug-likeness (QED) is 0.668. The van der Waals surface area contributed by atoms with Crippen molar-refractivity contribution in [1.82, 2.24) is 10.2 Å². The molecule has 0 unspecified atom stereocenters. The van der Waals surface area contributed by atoms with Crippen LogP contribution in [0.1, 0.15) is 26.2 Å². The van der Waals surface area contributed by atoms with E-state index in [1.165, 1.54) is 0 Å². The molecule has 0 aliphatic carbocycles. The van der Waals surface area contributed by atoms with Crippen molar-refractivity contribution in [3.05, 3.63) is 0 Å². The molecule has 3 nitrogen and oxygen atoms in total. The number of amides is 1. The summed E-state index contributed by atoms with van der Waals surface area (Å²) in [5.74, 6) is 2.72. The first-order valence-corrected chi connectivity index (χ1v) is 5.15. The fraction of sp³-hybridized carbons (Fsp3) is 0.727. The molecule has 0 saturated carbocycles. The summed E-state index contributed by atoms with van der Waals surface area (Å²) >= 11 is 0. The van der Waals surface area contributed by atoms with Gasteiger partial charge in [0, 0.05) is 39.0 Å². The first kappa shape index (κ1) is 11.1. The molecular weight excluding hydrogens is 176 g/mol. The summed E-state index contributed by atoms with van der Waals surface area (Å²) in [6, 6.07) is 0.370. The van der Waals surface area contributed by atoms with Crippen molar-refractivity contribution >= 4 is 5.91 Å². The smallest absolute Gasteiger partial charge is 0.217 e. The number of hydrogen-bond donors (Lipinski definition) is 1. The van der Waals surface area contributed by atoms with E-state index in [9.17, 15) is 4.79 Å². The molecule has 0 bridgehead atoms. The van der Waals surface area contributed by atoms with Crippen molar-refractivity contribution in [3.8, 4) is 12.3 Å². The highest BCUT2D eigenvalue weighted by molar-refractivity contribution is 5.73. The van der Waals surface area contributed by atoms with E-state index in [0.717, 1.165) is 38.9 Å². The fourth-order valence-electron chi connectivity index (χ4n) is 1.81. The second-order valence-corrected chi connectivity index (χ2v) is 3.77. The minimum Gasteiger partial charge on any atom is -0.354 e. The molecule has 78 valence electrons. The summed E-state index contributed by atoms with van der Waals surface area (Å²) in [5, 5.41) is 2.95. The molecule has 0 spiro atoms. The van der Waals surface area contributed by atoms with E-state index in [2.05, 4.69) is 16.1 Å². The highest BCUT2D eigenvalue weighted by Gasteiger charge is 2.18. The first-order valence-electron chi connectivity index (χ1n) is 5.15. The molecule has 0 atom stereocenters. The summed E-state index contributed by atoms with van der Waals surface area (Å²) in [4.78, 5) is 13.2. The zero-order chi connectivity index (χ0) is 10.4. The van der Waals surface area contributed by atoms with E-state index in [4.69, 9.17) is 6.42 Å². The van der Waals surface area contributed by atoms with Gasteiger partial charge in [0.05, 0.1) is 0 Å². The number of terminal acetylenes is 1. The Hall–Kier alpha value is -1.01. The van der Waals surface area contributed by atoms with Gasteiger partial charge in [0.2, 0.25) is 5.91 Å². The van der Waals surface area contributed by atoms with Gasteiger partial charge in [-0.2, -0.15) is 0 Å². The van der Waals surface area contributed by atoms with Crippen molar-refractivity contribution in [2.75, 3.05) is 19.6 Å². The van der Waals surface area contributed by atoms with E-state index in [1.807, 2.05) is 0 Å². The summed E-state index contributed by atoms with van der Waals surface area (Å²) in [6.07, 6.45) is 8.12. The maximum atomic E-state index is 10.8. The van der Waals surface area contributed by atoms with Crippen LogP contribution in [0.5, 0.6) is 0 Å². The second-order valence-electron chi connectivity index (χ2n) is 3.77. The summed E-state index contributed by atoms with van der Waals surface area (Å²) < 4.78 is 0. The van der Waals surface area contributed by atoms with E-state index in [-0.39, 0.29) is 5.91 Å². The molecule has 1 fully saturated rings. The highest BCUT2D eigenvalue weighted by Crippen LogP contribution is 2.10. The lowest BCUT2D eigenvalue weighted by Crippen LogP contribution is -2.44. The molecule has 1 aliphatic heterocycles. The zero-order valence-corrected chi connectivity index (χ0v) is 8.75. The van der Waals surface area contributed by atoms with Crippen LogP contribution in [0.2, 0.25) is 0 Å². The average Bonchev–Trinajstić information content (AvgIpc) is 2.16. The van der Waals surface area contributed by atoms with Gasteiger partial charge in [0.15, 0.2) is 0 Å². The number of likely N-dealkylation sites (tertiary alicyclic amines) is 1. The summed E-state index contributed by atoms with van der Waals surface area (Å²) in [6.45, 7) is 4.66. The standard InChI is InChI=1S/C11H18N2O/c1-3-4-7-13-8-5-11(6-9-13)12-10(2)14/h1,11H,4-9H2,2H3,(H,12,14). The van der Waals surface area contributed by atoms with Gasteiger partial charge in [0.25, 0.3) is 0 Å². The third kappa shape index (κ3) is 3.80. The van der Waals surface area contributed by atoms with E-state index in [1.54, 1.807) is 6.92 Å². The number of carbonyl (C=O) groups excluding carboxylic acids is 1. The minimum atomic E-state index is 0.0760. The Kier molecular flexibility index (Phi) is 4.48. The molecule has 1 aliphatic rings. The maximum Gasteiger partial charge on any atom is 0.217 e. The molecule has 1 heterocycles. The lowest BCUT2D eigenvalue weighted by Gasteiger charge is -2.31. The van der Waals surface area contributed by atoms with Crippen LogP contribution >= 0.6 is 0 Å². The van der Waals surface area contributed by atoms with Crippen LogP contribution in [0, 0.1) is 12.3 Å². The van der Waals surface area contributed by atoms with E-state index < -0.39 is 0 Å². The predicted molar refractivity (Wildman–Crippen MR) is 56.7 cm³/mol. The molecule has 1 N–H and O–H groups in total. The second kappa shape index (κ2) is 5.66. The average molecular weight is 194 g/mol. The van der Waals surface area contributed by atoms with Crippen molar-refractivity contribution in [2.24, 2.45) is 0 Å². The Bertz CT molecular complexity index is 224. The van der Waals surface area contributed by atoms with Crippen LogP contribution in [-0.2, 0) is 4.79 Å². The van der Waals surface area contributed by atoms with E-state index in [0.29, 0.717) is 6.04 Å².